The van der Waals surface area contributed by atoms with Crippen LogP contribution in [0.3, 0.4) is 0 Å². The summed E-state index contributed by atoms with van der Waals surface area (Å²) in [5.74, 6) is -0.319. The van der Waals surface area contributed by atoms with Crippen LogP contribution in [-0.2, 0) is 4.74 Å². The molecule has 1 atom stereocenters. The molecule has 1 unspecified atom stereocenters. The topological polar surface area (TPSA) is 91.5 Å². The van der Waals surface area contributed by atoms with Crippen molar-refractivity contribution in [2.45, 2.75) is 19.4 Å². The smallest absolute Gasteiger partial charge is 0.407 e. The van der Waals surface area contributed by atoms with E-state index in [4.69, 9.17) is 0 Å². The standard InChI is InChI=1S/C13H17N3O4/c1-8-5-11(17)10(6-14-8)12(18)16-4-3-9(7-16)15-13(19)20-2/h5-6,9H,3-4,7H2,1-2H3,(H,14,17)(H,15,19). The number of likely N-dealkylation sites (tertiary alicyclic amines) is 1. The van der Waals surface area contributed by atoms with Crippen LogP contribution < -0.4 is 10.7 Å². The molecule has 0 bridgehead atoms. The fourth-order valence-electron chi connectivity index (χ4n) is 2.20. The molecule has 2 rings (SSSR count). The van der Waals surface area contributed by atoms with Crippen LogP contribution in [-0.4, -0.2) is 48.1 Å². The zero-order valence-corrected chi connectivity index (χ0v) is 11.4. The van der Waals surface area contributed by atoms with Gasteiger partial charge in [0.15, 0.2) is 5.43 Å². The molecule has 2 amide bonds. The summed E-state index contributed by atoms with van der Waals surface area (Å²) in [4.78, 5) is 39.6. The van der Waals surface area contributed by atoms with Gasteiger partial charge in [-0.15, -0.1) is 0 Å². The van der Waals surface area contributed by atoms with Gasteiger partial charge in [-0.1, -0.05) is 0 Å². The molecule has 0 aliphatic carbocycles. The lowest BCUT2D eigenvalue weighted by Gasteiger charge is -2.16. The SMILES string of the molecule is COC(=O)NC1CCN(C(=O)c2c[nH]c(C)cc2=O)C1. The molecule has 1 aliphatic heterocycles. The number of aromatic amines is 1. The normalized spacial score (nSPS) is 17.9. The molecule has 1 fully saturated rings. The summed E-state index contributed by atoms with van der Waals surface area (Å²) in [7, 11) is 1.29. The van der Waals surface area contributed by atoms with Gasteiger partial charge in [0.25, 0.3) is 5.91 Å². The first-order chi connectivity index (χ1) is 9.51. The Hall–Kier alpha value is -2.31. The van der Waals surface area contributed by atoms with Crippen molar-refractivity contribution in [3.05, 3.63) is 33.7 Å². The van der Waals surface area contributed by atoms with Gasteiger partial charge in [-0.25, -0.2) is 4.79 Å². The van der Waals surface area contributed by atoms with Crippen LogP contribution in [0.1, 0.15) is 22.5 Å². The van der Waals surface area contributed by atoms with E-state index in [1.165, 1.54) is 19.4 Å². The average Bonchev–Trinajstić information content (AvgIpc) is 2.86. The number of hydrogen-bond donors (Lipinski definition) is 2. The van der Waals surface area contributed by atoms with Gasteiger partial charge in [0.1, 0.15) is 5.56 Å². The summed E-state index contributed by atoms with van der Waals surface area (Å²) < 4.78 is 4.52. The quantitative estimate of drug-likeness (QED) is 0.812. The van der Waals surface area contributed by atoms with E-state index in [0.29, 0.717) is 25.2 Å². The van der Waals surface area contributed by atoms with Gasteiger partial charge in [0.05, 0.1) is 13.2 Å². The fourth-order valence-corrected chi connectivity index (χ4v) is 2.20. The number of nitrogens with zero attached hydrogens (tertiary/aromatic N) is 1. The molecule has 0 aromatic carbocycles. The van der Waals surface area contributed by atoms with Gasteiger partial charge in [0, 0.05) is 31.0 Å². The third-order valence-corrected chi connectivity index (χ3v) is 3.27. The number of methoxy groups -OCH3 is 1. The second-order valence-electron chi connectivity index (χ2n) is 4.77. The van der Waals surface area contributed by atoms with Crippen molar-refractivity contribution in [3.63, 3.8) is 0 Å². The van der Waals surface area contributed by atoms with E-state index in [2.05, 4.69) is 15.0 Å². The van der Waals surface area contributed by atoms with Crippen molar-refractivity contribution in [1.82, 2.24) is 15.2 Å². The highest BCUT2D eigenvalue weighted by Gasteiger charge is 2.29. The average molecular weight is 279 g/mol. The van der Waals surface area contributed by atoms with E-state index in [9.17, 15) is 14.4 Å². The molecule has 20 heavy (non-hydrogen) atoms. The lowest BCUT2D eigenvalue weighted by Crippen LogP contribution is -2.39. The minimum absolute atomic E-state index is 0.120. The summed E-state index contributed by atoms with van der Waals surface area (Å²) in [6.45, 7) is 2.63. The molecule has 1 aromatic rings. The van der Waals surface area contributed by atoms with Crippen LogP contribution in [0.4, 0.5) is 4.79 Å². The van der Waals surface area contributed by atoms with E-state index in [1.54, 1.807) is 11.8 Å². The number of aromatic nitrogens is 1. The predicted octanol–water partition coefficient (Wildman–Crippen LogP) is 0.254. The third kappa shape index (κ3) is 2.98. The third-order valence-electron chi connectivity index (χ3n) is 3.27. The zero-order valence-electron chi connectivity index (χ0n) is 11.4. The number of amides is 2. The van der Waals surface area contributed by atoms with Crippen LogP contribution >= 0.6 is 0 Å². The molecule has 1 saturated heterocycles. The number of carbonyl (C=O) groups is 2. The van der Waals surface area contributed by atoms with Gasteiger partial charge < -0.3 is 19.9 Å². The number of aryl methyl sites for hydroxylation is 1. The van der Waals surface area contributed by atoms with E-state index < -0.39 is 6.09 Å². The highest BCUT2D eigenvalue weighted by atomic mass is 16.5. The van der Waals surface area contributed by atoms with Crippen molar-refractivity contribution >= 4 is 12.0 Å². The number of carbonyl (C=O) groups excluding carboxylic acids is 2. The Bertz CT molecular complexity index is 581. The summed E-state index contributed by atoms with van der Waals surface area (Å²) in [5.41, 5.74) is 0.531. The summed E-state index contributed by atoms with van der Waals surface area (Å²) >= 11 is 0. The van der Waals surface area contributed by atoms with E-state index >= 15 is 0 Å². The summed E-state index contributed by atoms with van der Waals surface area (Å²) in [6, 6.07) is 1.25. The van der Waals surface area contributed by atoms with Crippen LogP contribution in [0, 0.1) is 6.92 Å². The molecule has 7 heteroatoms. The van der Waals surface area contributed by atoms with Crippen molar-refractivity contribution in [2.75, 3.05) is 20.2 Å². The van der Waals surface area contributed by atoms with Crippen LogP contribution in [0.25, 0.3) is 0 Å². The number of pyridine rings is 1. The molecule has 0 radical (unpaired) electrons. The highest BCUT2D eigenvalue weighted by Crippen LogP contribution is 2.12. The van der Waals surface area contributed by atoms with E-state index in [-0.39, 0.29) is 22.9 Å². The van der Waals surface area contributed by atoms with Gasteiger partial charge in [0.2, 0.25) is 0 Å². The van der Waals surface area contributed by atoms with Crippen LogP contribution in [0.15, 0.2) is 17.1 Å². The van der Waals surface area contributed by atoms with Gasteiger partial charge in [-0.2, -0.15) is 0 Å². The van der Waals surface area contributed by atoms with Crippen molar-refractivity contribution in [2.24, 2.45) is 0 Å². The largest absolute Gasteiger partial charge is 0.453 e. The fraction of sp³-hybridized carbons (Fsp3) is 0.462. The molecule has 1 aromatic heterocycles. The Morgan fingerprint density at radius 3 is 2.90 bits per heavy atom. The molecular weight excluding hydrogens is 262 g/mol. The zero-order chi connectivity index (χ0) is 14.7. The van der Waals surface area contributed by atoms with Gasteiger partial charge in [-0.05, 0) is 13.3 Å². The summed E-state index contributed by atoms with van der Waals surface area (Å²) in [6.07, 6.45) is 1.56. The van der Waals surface area contributed by atoms with E-state index in [0.717, 1.165) is 0 Å². The number of hydrogen-bond acceptors (Lipinski definition) is 4. The lowest BCUT2D eigenvalue weighted by molar-refractivity contribution is 0.0786. The van der Waals surface area contributed by atoms with Crippen LogP contribution in [0.2, 0.25) is 0 Å². The Kier molecular flexibility index (Phi) is 4.07. The number of H-pyrrole nitrogens is 1. The maximum Gasteiger partial charge on any atom is 0.407 e. The van der Waals surface area contributed by atoms with Gasteiger partial charge in [-0.3, -0.25) is 9.59 Å². The molecule has 0 spiro atoms. The Balaban J connectivity index is 2.04. The lowest BCUT2D eigenvalue weighted by atomic mass is 10.2. The monoisotopic (exact) mass is 279 g/mol. The first-order valence-corrected chi connectivity index (χ1v) is 6.34. The highest BCUT2D eigenvalue weighted by molar-refractivity contribution is 5.94. The Morgan fingerprint density at radius 1 is 1.50 bits per heavy atom. The van der Waals surface area contributed by atoms with Crippen molar-refractivity contribution in [3.8, 4) is 0 Å². The second-order valence-corrected chi connectivity index (χ2v) is 4.77. The first kappa shape index (κ1) is 14.1. The number of rotatable bonds is 2. The second kappa shape index (κ2) is 5.77. The van der Waals surface area contributed by atoms with Crippen LogP contribution in [0.5, 0.6) is 0 Å². The molecule has 2 N–H and O–H groups in total. The minimum Gasteiger partial charge on any atom is -0.453 e. The minimum atomic E-state index is -0.516. The van der Waals surface area contributed by atoms with E-state index in [1.807, 2.05) is 0 Å². The number of nitrogens with one attached hydrogen (secondary N) is 2. The molecule has 108 valence electrons. The van der Waals surface area contributed by atoms with Crippen molar-refractivity contribution in [1.29, 1.82) is 0 Å². The molecule has 0 saturated carbocycles. The Morgan fingerprint density at radius 2 is 2.25 bits per heavy atom. The number of alkyl carbamates (subject to hydrolysis) is 1. The first-order valence-electron chi connectivity index (χ1n) is 6.34. The maximum absolute atomic E-state index is 12.2. The number of ether oxygens (including phenoxy) is 1. The molecule has 1 aliphatic rings. The molecule has 2 heterocycles. The predicted molar refractivity (Wildman–Crippen MR) is 71.6 cm³/mol. The molecular formula is C13H17N3O4. The maximum atomic E-state index is 12.2. The van der Waals surface area contributed by atoms with Gasteiger partial charge >= 0.3 is 6.09 Å². The Labute approximate surface area is 115 Å². The molecule has 7 nitrogen and oxygen atoms in total. The summed E-state index contributed by atoms with van der Waals surface area (Å²) in [5, 5.41) is 2.65. The van der Waals surface area contributed by atoms with Crippen molar-refractivity contribution < 1.29 is 14.3 Å².